The molecule has 0 radical (unpaired) electrons. The number of hydrogen-bond donors (Lipinski definition) is 2. The van der Waals surface area contributed by atoms with Gasteiger partial charge in [-0.05, 0) is 33.8 Å². The Morgan fingerprint density at radius 2 is 2.14 bits per heavy atom. The number of nitrogens with zero attached hydrogens (tertiary/aromatic N) is 2. The van der Waals surface area contributed by atoms with Crippen LogP contribution in [0.1, 0.15) is 26.5 Å². The molecule has 78 valence electrons. The summed E-state index contributed by atoms with van der Waals surface area (Å²) in [5.74, 6) is 0.552. The highest BCUT2D eigenvalue weighted by Crippen LogP contribution is 2.14. The smallest absolute Gasteiger partial charge is 0.223 e. The van der Waals surface area contributed by atoms with Gasteiger partial charge in [0, 0.05) is 11.9 Å². The Morgan fingerprint density at radius 1 is 1.50 bits per heavy atom. The Bertz CT molecular complexity index is 310. The van der Waals surface area contributed by atoms with E-state index < -0.39 is 11.6 Å². The van der Waals surface area contributed by atoms with Crippen LogP contribution >= 0.6 is 0 Å². The lowest BCUT2D eigenvalue weighted by molar-refractivity contribution is 0.132. The van der Waals surface area contributed by atoms with Crippen molar-refractivity contribution in [2.45, 2.75) is 39.3 Å². The number of aliphatic hydroxyl groups excluding tert-OH is 1. The predicted octanol–water partition coefficient (Wildman–Crippen LogP) is 1.36. The first kappa shape index (κ1) is 10.9. The minimum Gasteiger partial charge on any atom is -0.391 e. The van der Waals surface area contributed by atoms with Gasteiger partial charge in [-0.25, -0.2) is 9.97 Å². The number of nitrogens with one attached hydrogen (secondary N) is 1. The number of aryl methyl sites for hydroxylation is 1. The van der Waals surface area contributed by atoms with Crippen molar-refractivity contribution in [3.63, 3.8) is 0 Å². The van der Waals surface area contributed by atoms with Crippen molar-refractivity contribution in [3.05, 3.63) is 18.0 Å². The van der Waals surface area contributed by atoms with E-state index in [0.717, 1.165) is 5.69 Å². The molecule has 4 nitrogen and oxygen atoms in total. The molecule has 1 rings (SSSR count). The Morgan fingerprint density at radius 3 is 2.64 bits per heavy atom. The third-order valence-electron chi connectivity index (χ3n) is 2.27. The largest absolute Gasteiger partial charge is 0.391 e. The number of aromatic nitrogens is 2. The fourth-order valence-corrected chi connectivity index (χ4v) is 0.902. The lowest BCUT2D eigenvalue weighted by atomic mass is 9.99. The van der Waals surface area contributed by atoms with Crippen molar-refractivity contribution < 1.29 is 5.11 Å². The highest BCUT2D eigenvalue weighted by atomic mass is 16.3. The predicted molar refractivity (Wildman–Crippen MR) is 56.2 cm³/mol. The third kappa shape index (κ3) is 2.67. The number of anilines is 1. The van der Waals surface area contributed by atoms with Crippen molar-refractivity contribution in [2.24, 2.45) is 0 Å². The molecule has 0 aliphatic rings. The Balaban J connectivity index is 2.78. The monoisotopic (exact) mass is 195 g/mol. The molecule has 4 heteroatoms. The molecule has 0 aliphatic carbocycles. The zero-order valence-corrected chi connectivity index (χ0v) is 9.07. The second-order valence-electron chi connectivity index (χ2n) is 4.04. The fourth-order valence-electron chi connectivity index (χ4n) is 0.902. The first-order valence-corrected chi connectivity index (χ1v) is 4.68. The third-order valence-corrected chi connectivity index (χ3v) is 2.27. The fraction of sp³-hybridized carbons (Fsp3) is 0.600. The van der Waals surface area contributed by atoms with Crippen molar-refractivity contribution in [1.82, 2.24) is 9.97 Å². The summed E-state index contributed by atoms with van der Waals surface area (Å²) < 4.78 is 0. The van der Waals surface area contributed by atoms with Gasteiger partial charge in [0.1, 0.15) is 0 Å². The van der Waals surface area contributed by atoms with Crippen LogP contribution in [0.2, 0.25) is 0 Å². The van der Waals surface area contributed by atoms with Gasteiger partial charge in [0.2, 0.25) is 5.95 Å². The van der Waals surface area contributed by atoms with Crippen LogP contribution in [0, 0.1) is 6.92 Å². The number of rotatable bonds is 3. The second kappa shape index (κ2) is 3.92. The normalized spacial score (nSPS) is 13.8. The summed E-state index contributed by atoms with van der Waals surface area (Å²) in [7, 11) is 0. The molecule has 1 atom stereocenters. The van der Waals surface area contributed by atoms with E-state index in [1.807, 2.05) is 26.8 Å². The molecule has 14 heavy (non-hydrogen) atoms. The van der Waals surface area contributed by atoms with Crippen LogP contribution in [0.3, 0.4) is 0 Å². The average Bonchev–Trinajstić information content (AvgIpc) is 2.02. The number of hydrogen-bond acceptors (Lipinski definition) is 4. The summed E-state index contributed by atoms with van der Waals surface area (Å²) in [4.78, 5) is 8.28. The van der Waals surface area contributed by atoms with Gasteiger partial charge in [0.05, 0.1) is 11.6 Å². The van der Waals surface area contributed by atoms with Crippen LogP contribution in [0.15, 0.2) is 12.3 Å². The number of aliphatic hydroxyl groups is 1. The lowest BCUT2D eigenvalue weighted by Crippen LogP contribution is -2.42. The quantitative estimate of drug-likeness (QED) is 0.764. The second-order valence-corrected chi connectivity index (χ2v) is 4.04. The van der Waals surface area contributed by atoms with Gasteiger partial charge in [-0.15, -0.1) is 0 Å². The maximum absolute atomic E-state index is 9.49. The maximum Gasteiger partial charge on any atom is 0.223 e. The van der Waals surface area contributed by atoms with E-state index in [0.29, 0.717) is 5.95 Å². The van der Waals surface area contributed by atoms with Gasteiger partial charge in [-0.1, -0.05) is 0 Å². The summed E-state index contributed by atoms with van der Waals surface area (Å²) in [5.41, 5.74) is 0.484. The molecule has 1 unspecified atom stereocenters. The van der Waals surface area contributed by atoms with E-state index in [-0.39, 0.29) is 0 Å². The van der Waals surface area contributed by atoms with Crippen molar-refractivity contribution >= 4 is 5.95 Å². The van der Waals surface area contributed by atoms with E-state index in [2.05, 4.69) is 15.3 Å². The van der Waals surface area contributed by atoms with E-state index in [1.165, 1.54) is 0 Å². The molecule has 0 saturated heterocycles. The summed E-state index contributed by atoms with van der Waals surface area (Å²) in [6, 6.07) is 1.83. The Labute approximate surface area is 84.4 Å². The highest BCUT2D eigenvalue weighted by molar-refractivity contribution is 5.29. The molecule has 0 aromatic carbocycles. The minimum absolute atomic E-state index is 0.423. The van der Waals surface area contributed by atoms with E-state index in [1.54, 1.807) is 13.1 Å². The summed E-state index contributed by atoms with van der Waals surface area (Å²) in [6.07, 6.45) is 1.23. The van der Waals surface area contributed by atoms with Gasteiger partial charge < -0.3 is 10.4 Å². The first-order valence-electron chi connectivity index (χ1n) is 4.68. The van der Waals surface area contributed by atoms with Crippen LogP contribution in [-0.2, 0) is 0 Å². The molecule has 1 aromatic heterocycles. The van der Waals surface area contributed by atoms with Crippen LogP contribution in [0.5, 0.6) is 0 Å². The summed E-state index contributed by atoms with van der Waals surface area (Å²) >= 11 is 0. The zero-order valence-electron chi connectivity index (χ0n) is 9.07. The molecular weight excluding hydrogens is 178 g/mol. The van der Waals surface area contributed by atoms with Gasteiger partial charge >= 0.3 is 0 Å². The minimum atomic E-state index is -0.466. The van der Waals surface area contributed by atoms with Crippen molar-refractivity contribution in [1.29, 1.82) is 0 Å². The first-order chi connectivity index (χ1) is 6.42. The standard InChI is InChI=1S/C10H17N3O/c1-7-5-6-11-9(12-7)13-10(3,4)8(2)14/h5-6,8,14H,1-4H3,(H,11,12,13). The van der Waals surface area contributed by atoms with Gasteiger partial charge in [-0.3, -0.25) is 0 Å². The van der Waals surface area contributed by atoms with Crippen LogP contribution < -0.4 is 5.32 Å². The summed E-state index contributed by atoms with van der Waals surface area (Å²) in [5, 5.41) is 12.6. The molecule has 0 fully saturated rings. The SMILES string of the molecule is Cc1ccnc(NC(C)(C)C(C)O)n1. The molecule has 0 spiro atoms. The van der Waals surface area contributed by atoms with E-state index >= 15 is 0 Å². The molecule has 0 saturated carbocycles. The topological polar surface area (TPSA) is 58.0 Å². The highest BCUT2D eigenvalue weighted by Gasteiger charge is 2.24. The molecular formula is C10H17N3O. The van der Waals surface area contributed by atoms with E-state index in [9.17, 15) is 5.11 Å². The molecule has 2 N–H and O–H groups in total. The van der Waals surface area contributed by atoms with Gasteiger partial charge in [-0.2, -0.15) is 0 Å². The maximum atomic E-state index is 9.49. The van der Waals surface area contributed by atoms with Crippen LogP contribution in [-0.4, -0.2) is 26.7 Å². The van der Waals surface area contributed by atoms with Gasteiger partial charge in [0.25, 0.3) is 0 Å². The zero-order chi connectivity index (χ0) is 10.8. The molecule has 1 heterocycles. The Kier molecular flexibility index (Phi) is 3.06. The average molecular weight is 195 g/mol. The molecule has 0 bridgehead atoms. The summed E-state index contributed by atoms with van der Waals surface area (Å²) in [6.45, 7) is 7.46. The molecule has 1 aromatic rings. The lowest BCUT2D eigenvalue weighted by Gasteiger charge is -2.29. The van der Waals surface area contributed by atoms with Crippen molar-refractivity contribution in [3.8, 4) is 0 Å². The Hall–Kier alpha value is -1.16. The van der Waals surface area contributed by atoms with Gasteiger partial charge in [0.15, 0.2) is 0 Å². The van der Waals surface area contributed by atoms with Crippen LogP contribution in [0.4, 0.5) is 5.95 Å². The van der Waals surface area contributed by atoms with Crippen LogP contribution in [0.25, 0.3) is 0 Å². The van der Waals surface area contributed by atoms with E-state index in [4.69, 9.17) is 0 Å². The molecule has 0 amide bonds. The van der Waals surface area contributed by atoms with Crippen molar-refractivity contribution in [2.75, 3.05) is 5.32 Å². The molecule has 0 aliphatic heterocycles.